The average molecular weight is 372 g/mol. The Morgan fingerprint density at radius 1 is 1.19 bits per heavy atom. The van der Waals surface area contributed by atoms with Crippen molar-refractivity contribution >= 4 is 29.2 Å². The molecule has 0 aromatic heterocycles. The second kappa shape index (κ2) is 7.49. The van der Waals surface area contributed by atoms with Crippen LogP contribution in [0.3, 0.4) is 0 Å². The minimum absolute atomic E-state index is 0.353. The quantitative estimate of drug-likeness (QED) is 0.768. The molecule has 7 heteroatoms. The van der Waals surface area contributed by atoms with E-state index < -0.39 is 6.04 Å². The van der Waals surface area contributed by atoms with Crippen LogP contribution in [0, 0.1) is 0 Å². The molecule has 26 heavy (non-hydrogen) atoms. The van der Waals surface area contributed by atoms with Crippen molar-refractivity contribution in [2.45, 2.75) is 13.0 Å². The summed E-state index contributed by atoms with van der Waals surface area (Å²) in [6.45, 7) is 1.69. The fraction of sp³-hybridized carbons (Fsp3) is 0.158. The van der Waals surface area contributed by atoms with Gasteiger partial charge in [-0.2, -0.15) is 0 Å². The smallest absolute Gasteiger partial charge is 0.319 e. The molecule has 1 aliphatic heterocycles. The average Bonchev–Trinajstić information content (AvgIpc) is 2.62. The van der Waals surface area contributed by atoms with Crippen LogP contribution in [0.1, 0.15) is 18.5 Å². The van der Waals surface area contributed by atoms with Crippen molar-refractivity contribution in [2.24, 2.45) is 0 Å². The molecule has 1 heterocycles. The largest absolute Gasteiger partial charge is 0.495 e. The van der Waals surface area contributed by atoms with Gasteiger partial charge in [-0.3, -0.25) is 4.79 Å². The Bertz CT molecular complexity index is 881. The predicted molar refractivity (Wildman–Crippen MR) is 100 cm³/mol. The van der Waals surface area contributed by atoms with Crippen LogP contribution >= 0.6 is 11.6 Å². The molecular formula is C19H18ClN3O3. The van der Waals surface area contributed by atoms with Gasteiger partial charge in [0, 0.05) is 10.7 Å². The molecule has 1 atom stereocenters. The molecule has 0 fully saturated rings. The number of urea groups is 1. The Hall–Kier alpha value is -2.99. The number of methoxy groups -OCH3 is 1. The fourth-order valence-electron chi connectivity index (χ4n) is 2.86. The highest BCUT2D eigenvalue weighted by molar-refractivity contribution is 6.31. The van der Waals surface area contributed by atoms with Crippen LogP contribution in [-0.4, -0.2) is 19.0 Å². The van der Waals surface area contributed by atoms with Gasteiger partial charge in [0.2, 0.25) is 0 Å². The first-order valence-corrected chi connectivity index (χ1v) is 8.35. The SMILES string of the molecule is COc1ccc(Cl)cc1NC(=O)C1=C(C)NC(=O)NC1c1ccccc1. The number of nitrogens with one attached hydrogen (secondary N) is 3. The Kier molecular flexibility index (Phi) is 5.14. The van der Waals surface area contributed by atoms with E-state index in [-0.39, 0.29) is 11.9 Å². The third-order valence-corrected chi connectivity index (χ3v) is 4.29. The number of allylic oxidation sites excluding steroid dienone is 1. The summed E-state index contributed by atoms with van der Waals surface area (Å²) in [6.07, 6.45) is 0. The van der Waals surface area contributed by atoms with E-state index in [4.69, 9.17) is 16.3 Å². The van der Waals surface area contributed by atoms with Crippen molar-refractivity contribution in [2.75, 3.05) is 12.4 Å². The molecular weight excluding hydrogens is 354 g/mol. The third kappa shape index (κ3) is 3.65. The van der Waals surface area contributed by atoms with Gasteiger partial charge in [0.05, 0.1) is 24.4 Å². The molecule has 0 bridgehead atoms. The number of rotatable bonds is 4. The minimum Gasteiger partial charge on any atom is -0.495 e. The van der Waals surface area contributed by atoms with E-state index in [2.05, 4.69) is 16.0 Å². The zero-order chi connectivity index (χ0) is 18.7. The summed E-state index contributed by atoms with van der Waals surface area (Å²) in [5.41, 5.74) is 2.16. The molecule has 3 N–H and O–H groups in total. The van der Waals surface area contributed by atoms with E-state index in [1.165, 1.54) is 7.11 Å². The van der Waals surface area contributed by atoms with Gasteiger partial charge in [0.15, 0.2) is 0 Å². The zero-order valence-corrected chi connectivity index (χ0v) is 15.1. The summed E-state index contributed by atoms with van der Waals surface area (Å²) >= 11 is 6.03. The minimum atomic E-state index is -0.560. The maximum Gasteiger partial charge on any atom is 0.319 e. The monoisotopic (exact) mass is 371 g/mol. The molecule has 0 aliphatic carbocycles. The Morgan fingerprint density at radius 3 is 2.62 bits per heavy atom. The van der Waals surface area contributed by atoms with Gasteiger partial charge in [0.25, 0.3) is 5.91 Å². The topological polar surface area (TPSA) is 79.5 Å². The highest BCUT2D eigenvalue weighted by atomic mass is 35.5. The zero-order valence-electron chi connectivity index (χ0n) is 14.3. The number of halogens is 1. The lowest BCUT2D eigenvalue weighted by Crippen LogP contribution is -2.45. The number of carbonyl (C=O) groups excluding carboxylic acids is 2. The van der Waals surface area contributed by atoms with Gasteiger partial charge < -0.3 is 20.7 Å². The number of ether oxygens (including phenoxy) is 1. The van der Waals surface area contributed by atoms with Crippen molar-refractivity contribution in [3.63, 3.8) is 0 Å². The number of benzene rings is 2. The molecule has 0 saturated heterocycles. The third-order valence-electron chi connectivity index (χ3n) is 4.06. The molecule has 0 spiro atoms. The number of carbonyl (C=O) groups is 2. The molecule has 2 aromatic carbocycles. The first-order chi connectivity index (χ1) is 12.5. The van der Waals surface area contributed by atoms with Gasteiger partial charge in [-0.15, -0.1) is 0 Å². The van der Waals surface area contributed by atoms with Crippen molar-refractivity contribution in [3.8, 4) is 5.75 Å². The molecule has 1 aliphatic rings. The molecule has 6 nitrogen and oxygen atoms in total. The molecule has 134 valence electrons. The molecule has 1 unspecified atom stereocenters. The van der Waals surface area contributed by atoms with Crippen LogP contribution in [0.5, 0.6) is 5.75 Å². The summed E-state index contributed by atoms with van der Waals surface area (Å²) in [5.74, 6) is 0.134. The molecule has 3 rings (SSSR count). The summed E-state index contributed by atoms with van der Waals surface area (Å²) in [4.78, 5) is 24.9. The summed E-state index contributed by atoms with van der Waals surface area (Å²) < 4.78 is 5.27. The molecule has 3 amide bonds. The van der Waals surface area contributed by atoms with Gasteiger partial charge in [-0.25, -0.2) is 4.79 Å². The maximum absolute atomic E-state index is 13.0. The maximum atomic E-state index is 13.0. The van der Waals surface area contributed by atoms with E-state index in [9.17, 15) is 9.59 Å². The highest BCUT2D eigenvalue weighted by Gasteiger charge is 2.31. The van der Waals surface area contributed by atoms with Crippen molar-refractivity contribution in [1.29, 1.82) is 0 Å². The number of anilines is 1. The molecule has 0 saturated carbocycles. The highest BCUT2D eigenvalue weighted by Crippen LogP contribution is 2.31. The summed E-state index contributed by atoms with van der Waals surface area (Å²) in [5, 5.41) is 8.73. The van der Waals surface area contributed by atoms with Crippen molar-refractivity contribution in [1.82, 2.24) is 10.6 Å². The van der Waals surface area contributed by atoms with Crippen molar-refractivity contribution < 1.29 is 14.3 Å². The Balaban J connectivity index is 1.97. The first kappa shape index (κ1) is 17.8. The van der Waals surface area contributed by atoms with E-state index in [0.29, 0.717) is 27.7 Å². The predicted octanol–water partition coefficient (Wildman–Crippen LogP) is 3.62. The van der Waals surface area contributed by atoms with E-state index in [0.717, 1.165) is 5.56 Å². The number of hydrogen-bond acceptors (Lipinski definition) is 3. The number of hydrogen-bond donors (Lipinski definition) is 3. The second-order valence-electron chi connectivity index (χ2n) is 5.78. The lowest BCUT2D eigenvalue weighted by Gasteiger charge is -2.28. The number of amides is 3. The molecule has 2 aromatic rings. The second-order valence-corrected chi connectivity index (χ2v) is 6.22. The van der Waals surface area contributed by atoms with Crippen LogP contribution in [0.4, 0.5) is 10.5 Å². The van der Waals surface area contributed by atoms with E-state index in [1.807, 2.05) is 30.3 Å². The van der Waals surface area contributed by atoms with Crippen LogP contribution < -0.4 is 20.7 Å². The van der Waals surface area contributed by atoms with Crippen LogP contribution in [-0.2, 0) is 4.79 Å². The van der Waals surface area contributed by atoms with Gasteiger partial charge in [-0.1, -0.05) is 41.9 Å². The van der Waals surface area contributed by atoms with E-state index in [1.54, 1.807) is 25.1 Å². The van der Waals surface area contributed by atoms with Crippen LogP contribution in [0.2, 0.25) is 5.02 Å². The van der Waals surface area contributed by atoms with Crippen LogP contribution in [0.15, 0.2) is 59.8 Å². The van der Waals surface area contributed by atoms with E-state index >= 15 is 0 Å². The normalized spacial score (nSPS) is 16.6. The Morgan fingerprint density at radius 2 is 1.92 bits per heavy atom. The standard InChI is InChI=1S/C19H18ClN3O3/c1-11-16(17(23-19(25)21-11)12-6-4-3-5-7-12)18(24)22-14-10-13(20)8-9-15(14)26-2/h3-10,17H,1-2H3,(H,22,24)(H2,21,23,25). The lowest BCUT2D eigenvalue weighted by molar-refractivity contribution is -0.113. The van der Waals surface area contributed by atoms with Crippen molar-refractivity contribution in [3.05, 3.63) is 70.4 Å². The Labute approximate surface area is 156 Å². The lowest BCUT2D eigenvalue weighted by atomic mass is 9.95. The van der Waals surface area contributed by atoms with Gasteiger partial charge in [-0.05, 0) is 30.7 Å². The van der Waals surface area contributed by atoms with Gasteiger partial charge >= 0.3 is 6.03 Å². The van der Waals surface area contributed by atoms with Crippen LogP contribution in [0.25, 0.3) is 0 Å². The van der Waals surface area contributed by atoms with Gasteiger partial charge in [0.1, 0.15) is 5.75 Å². The molecule has 0 radical (unpaired) electrons. The first-order valence-electron chi connectivity index (χ1n) is 7.97. The fourth-order valence-corrected chi connectivity index (χ4v) is 3.03. The summed E-state index contributed by atoms with van der Waals surface area (Å²) in [7, 11) is 1.51. The summed E-state index contributed by atoms with van der Waals surface area (Å²) in [6, 6.07) is 13.4.